The molecule has 0 rings (SSSR count). The summed E-state index contributed by atoms with van der Waals surface area (Å²) in [6.45, 7) is 3.61. The third-order valence-corrected chi connectivity index (χ3v) is 1.32. The van der Waals surface area contributed by atoms with Gasteiger partial charge in [-0.3, -0.25) is 0 Å². The molecule has 0 fully saturated rings. The average Bonchev–Trinajstić information content (AvgIpc) is 1.84. The Morgan fingerprint density at radius 1 is 1.60 bits per heavy atom. The molecule has 0 saturated heterocycles. The minimum atomic E-state index is -0.750. The van der Waals surface area contributed by atoms with E-state index in [0.717, 1.165) is 0 Å². The highest BCUT2D eigenvalue weighted by Gasteiger charge is 2.12. The lowest BCUT2D eigenvalue weighted by molar-refractivity contribution is 0.115. The van der Waals surface area contributed by atoms with Crippen LogP contribution in [0.15, 0.2) is 23.8 Å². The number of aliphatic hydroxyl groups is 1. The maximum atomic E-state index is 9.45. The number of allylic oxidation sites excluding steroid dienone is 1. The molecule has 1 atom stereocenters. The Kier molecular flexibility index (Phi) is 4.41. The smallest absolute Gasteiger partial charge is 0.0834 e. The van der Waals surface area contributed by atoms with Crippen LogP contribution in [0.3, 0.4) is 0 Å². The van der Waals surface area contributed by atoms with Gasteiger partial charge in [0.2, 0.25) is 0 Å². The van der Waals surface area contributed by atoms with E-state index in [-0.39, 0.29) is 0 Å². The number of hydrogen-bond acceptors (Lipinski definition) is 1. The number of halogens is 1. The van der Waals surface area contributed by atoms with Crippen molar-refractivity contribution in [1.29, 1.82) is 0 Å². The first-order valence-electron chi connectivity index (χ1n) is 3.24. The van der Waals surface area contributed by atoms with E-state index < -0.39 is 5.60 Å². The standard InChI is InChI=1S/C8H13ClO/c1-3-5-8(2,10)6-4-7-9/h3-5,7,10H,6H2,1-2H3/b5-3+,7-4+. The van der Waals surface area contributed by atoms with E-state index >= 15 is 0 Å². The Bertz CT molecular complexity index is 136. The van der Waals surface area contributed by atoms with Crippen LogP contribution in [0, 0.1) is 0 Å². The van der Waals surface area contributed by atoms with Crippen LogP contribution >= 0.6 is 11.6 Å². The molecule has 0 aliphatic heterocycles. The van der Waals surface area contributed by atoms with Gasteiger partial charge < -0.3 is 5.11 Å². The molecule has 0 aromatic heterocycles. The number of hydrogen-bond donors (Lipinski definition) is 1. The van der Waals surface area contributed by atoms with Gasteiger partial charge in [-0.25, -0.2) is 0 Å². The van der Waals surface area contributed by atoms with Crippen LogP contribution in [0.1, 0.15) is 20.3 Å². The summed E-state index contributed by atoms with van der Waals surface area (Å²) in [5.41, 5.74) is 0.665. The summed E-state index contributed by atoms with van der Waals surface area (Å²) >= 11 is 5.29. The zero-order valence-corrected chi connectivity index (χ0v) is 7.10. The normalized spacial score (nSPS) is 18.4. The lowest BCUT2D eigenvalue weighted by atomic mass is 10.0. The van der Waals surface area contributed by atoms with Crippen molar-refractivity contribution in [3.63, 3.8) is 0 Å². The maximum Gasteiger partial charge on any atom is 0.0834 e. The lowest BCUT2D eigenvalue weighted by Crippen LogP contribution is -2.18. The Hall–Kier alpha value is -0.270. The molecule has 1 N–H and O–H groups in total. The van der Waals surface area contributed by atoms with Crippen LogP contribution in [0.25, 0.3) is 0 Å². The summed E-state index contributed by atoms with van der Waals surface area (Å²) < 4.78 is 0. The first kappa shape index (κ1) is 9.73. The average molecular weight is 161 g/mol. The van der Waals surface area contributed by atoms with Crippen LogP contribution in [-0.2, 0) is 0 Å². The summed E-state index contributed by atoms with van der Waals surface area (Å²) in [5, 5.41) is 9.45. The fraction of sp³-hybridized carbons (Fsp3) is 0.500. The molecule has 1 nitrogen and oxygen atoms in total. The van der Waals surface area contributed by atoms with Crippen molar-refractivity contribution in [3.05, 3.63) is 23.8 Å². The first-order valence-corrected chi connectivity index (χ1v) is 3.67. The topological polar surface area (TPSA) is 20.2 Å². The molecular weight excluding hydrogens is 148 g/mol. The predicted molar refractivity (Wildman–Crippen MR) is 45.0 cm³/mol. The van der Waals surface area contributed by atoms with Crippen molar-refractivity contribution in [3.8, 4) is 0 Å². The fourth-order valence-corrected chi connectivity index (χ4v) is 0.799. The highest BCUT2D eigenvalue weighted by atomic mass is 35.5. The second-order valence-electron chi connectivity index (χ2n) is 2.42. The highest BCUT2D eigenvalue weighted by Crippen LogP contribution is 2.11. The van der Waals surface area contributed by atoms with E-state index in [2.05, 4.69) is 0 Å². The second kappa shape index (κ2) is 4.53. The minimum absolute atomic E-state index is 0.556. The SMILES string of the molecule is C/C=C/C(C)(O)C/C=C/Cl. The molecule has 0 bridgehead atoms. The monoisotopic (exact) mass is 160 g/mol. The van der Waals surface area contributed by atoms with Crippen LogP contribution in [-0.4, -0.2) is 10.7 Å². The molecule has 0 aromatic rings. The summed E-state index contributed by atoms with van der Waals surface area (Å²) in [5.74, 6) is 0. The molecule has 1 unspecified atom stereocenters. The molecule has 0 saturated carbocycles. The fourth-order valence-electron chi connectivity index (χ4n) is 0.710. The molecule has 0 aromatic carbocycles. The van der Waals surface area contributed by atoms with Crippen LogP contribution < -0.4 is 0 Å². The molecule has 10 heavy (non-hydrogen) atoms. The van der Waals surface area contributed by atoms with E-state index in [9.17, 15) is 5.11 Å². The van der Waals surface area contributed by atoms with Gasteiger partial charge in [0.25, 0.3) is 0 Å². The van der Waals surface area contributed by atoms with E-state index in [0.29, 0.717) is 6.42 Å². The molecule has 2 heteroatoms. The summed E-state index contributed by atoms with van der Waals surface area (Å²) in [6, 6.07) is 0. The predicted octanol–water partition coefficient (Wildman–Crippen LogP) is 2.46. The van der Waals surface area contributed by atoms with Crippen LogP contribution in [0.5, 0.6) is 0 Å². The van der Waals surface area contributed by atoms with Gasteiger partial charge in [0.1, 0.15) is 0 Å². The third-order valence-electron chi connectivity index (χ3n) is 1.15. The largest absolute Gasteiger partial charge is 0.386 e. The summed E-state index contributed by atoms with van der Waals surface area (Å²) in [7, 11) is 0. The minimum Gasteiger partial charge on any atom is -0.386 e. The quantitative estimate of drug-likeness (QED) is 0.629. The molecule has 0 heterocycles. The molecule has 0 aliphatic carbocycles. The summed E-state index contributed by atoms with van der Waals surface area (Å²) in [6.07, 6.45) is 5.84. The first-order chi connectivity index (χ1) is 4.62. The Labute approximate surface area is 67.0 Å². The molecule has 0 spiro atoms. The maximum absolute atomic E-state index is 9.45. The van der Waals surface area contributed by atoms with Gasteiger partial charge in [0.15, 0.2) is 0 Å². The highest BCUT2D eigenvalue weighted by molar-refractivity contribution is 6.25. The van der Waals surface area contributed by atoms with E-state index in [1.165, 1.54) is 5.54 Å². The van der Waals surface area contributed by atoms with Gasteiger partial charge in [-0.15, -0.1) is 0 Å². The van der Waals surface area contributed by atoms with Gasteiger partial charge in [0.05, 0.1) is 5.60 Å². The van der Waals surface area contributed by atoms with Crippen LogP contribution in [0.2, 0.25) is 0 Å². The van der Waals surface area contributed by atoms with Crippen LogP contribution in [0.4, 0.5) is 0 Å². The molecular formula is C8H13ClO. The van der Waals surface area contributed by atoms with Crippen molar-refractivity contribution < 1.29 is 5.11 Å². The van der Waals surface area contributed by atoms with Gasteiger partial charge >= 0.3 is 0 Å². The van der Waals surface area contributed by atoms with Gasteiger partial charge in [-0.05, 0) is 20.3 Å². The molecule has 0 amide bonds. The van der Waals surface area contributed by atoms with Crippen molar-refractivity contribution in [2.75, 3.05) is 0 Å². The van der Waals surface area contributed by atoms with Gasteiger partial charge in [0, 0.05) is 5.54 Å². The van der Waals surface area contributed by atoms with Gasteiger partial charge in [-0.1, -0.05) is 29.8 Å². The van der Waals surface area contributed by atoms with E-state index in [1.54, 1.807) is 19.1 Å². The Morgan fingerprint density at radius 3 is 2.60 bits per heavy atom. The van der Waals surface area contributed by atoms with E-state index in [4.69, 9.17) is 11.6 Å². The molecule has 0 aliphatic rings. The van der Waals surface area contributed by atoms with Gasteiger partial charge in [-0.2, -0.15) is 0 Å². The second-order valence-corrected chi connectivity index (χ2v) is 2.67. The zero-order valence-electron chi connectivity index (χ0n) is 6.34. The van der Waals surface area contributed by atoms with Crippen molar-refractivity contribution >= 4 is 11.6 Å². The Morgan fingerprint density at radius 2 is 2.20 bits per heavy atom. The summed E-state index contributed by atoms with van der Waals surface area (Å²) in [4.78, 5) is 0. The van der Waals surface area contributed by atoms with Crippen molar-refractivity contribution in [2.24, 2.45) is 0 Å². The molecule has 0 radical (unpaired) electrons. The number of rotatable bonds is 3. The lowest BCUT2D eigenvalue weighted by Gasteiger charge is -2.15. The Balaban J connectivity index is 3.86. The van der Waals surface area contributed by atoms with Crippen molar-refractivity contribution in [1.82, 2.24) is 0 Å². The van der Waals surface area contributed by atoms with Crippen molar-refractivity contribution in [2.45, 2.75) is 25.9 Å². The van der Waals surface area contributed by atoms with E-state index in [1.807, 2.05) is 13.0 Å². The third kappa shape index (κ3) is 4.59. The zero-order chi connectivity index (χ0) is 8.04. The molecule has 58 valence electrons.